The Morgan fingerprint density at radius 3 is 2.70 bits per heavy atom. The van der Waals surface area contributed by atoms with Gasteiger partial charge in [-0.25, -0.2) is 12.7 Å². The lowest BCUT2D eigenvalue weighted by molar-refractivity contribution is 0.281. The van der Waals surface area contributed by atoms with Gasteiger partial charge in [0.05, 0.1) is 28.5 Å². The standard InChI is InChI=1S/C19H18ClN5O3S2/c1-30(27,28)24-9-6-12(7-10-24)25-19(26)14(11-21)18(29-25)23-17-13-3-2-8-22-16(13)5-4-15(17)20/h2-5,8,12,23H,6-7,9-10H2,1H3. The molecule has 1 saturated heterocycles. The van der Waals surface area contributed by atoms with Crippen molar-refractivity contribution in [3.63, 3.8) is 0 Å². The van der Waals surface area contributed by atoms with E-state index in [0.717, 1.165) is 22.4 Å². The minimum absolute atomic E-state index is 0.0162. The van der Waals surface area contributed by atoms with Crippen LogP contribution in [0, 0.1) is 11.3 Å². The Balaban J connectivity index is 1.68. The predicted octanol–water partition coefficient (Wildman–Crippen LogP) is 3.32. The molecule has 1 aliphatic heterocycles. The number of anilines is 2. The molecule has 8 nitrogen and oxygen atoms in total. The molecule has 1 fully saturated rings. The first-order valence-corrected chi connectivity index (χ1v) is 12.2. The molecule has 156 valence electrons. The molecule has 1 aliphatic rings. The van der Waals surface area contributed by atoms with E-state index in [1.807, 2.05) is 12.1 Å². The second-order valence-corrected chi connectivity index (χ2v) is 10.4. The van der Waals surface area contributed by atoms with Crippen LogP contribution in [-0.4, -0.2) is 41.0 Å². The number of hydrogen-bond acceptors (Lipinski definition) is 7. The van der Waals surface area contributed by atoms with Crippen LogP contribution in [0.2, 0.25) is 5.02 Å². The van der Waals surface area contributed by atoms with Gasteiger partial charge in [0.25, 0.3) is 5.56 Å². The molecule has 4 rings (SSSR count). The first-order valence-electron chi connectivity index (χ1n) is 9.21. The highest BCUT2D eigenvalue weighted by Crippen LogP contribution is 2.36. The number of aromatic nitrogens is 2. The van der Waals surface area contributed by atoms with Crippen LogP contribution in [0.1, 0.15) is 24.4 Å². The molecular weight excluding hydrogens is 446 g/mol. The number of nitrogens with zero attached hydrogens (tertiary/aromatic N) is 4. The summed E-state index contributed by atoms with van der Waals surface area (Å²) in [4.78, 5) is 17.2. The van der Waals surface area contributed by atoms with Crippen LogP contribution in [0.3, 0.4) is 0 Å². The smallest absolute Gasteiger partial charge is 0.281 e. The Labute approximate surface area is 182 Å². The summed E-state index contributed by atoms with van der Waals surface area (Å²) < 4.78 is 26.4. The van der Waals surface area contributed by atoms with Gasteiger partial charge in [-0.2, -0.15) is 5.26 Å². The molecule has 0 amide bonds. The Morgan fingerprint density at radius 1 is 1.30 bits per heavy atom. The molecule has 3 heterocycles. The van der Waals surface area contributed by atoms with E-state index in [1.165, 1.54) is 10.6 Å². The zero-order valence-corrected chi connectivity index (χ0v) is 18.4. The number of benzene rings is 1. The molecule has 0 atom stereocenters. The van der Waals surface area contributed by atoms with Crippen molar-refractivity contribution in [2.75, 3.05) is 24.7 Å². The molecule has 0 radical (unpaired) electrons. The van der Waals surface area contributed by atoms with Crippen LogP contribution in [-0.2, 0) is 10.0 Å². The second kappa shape index (κ2) is 8.00. The summed E-state index contributed by atoms with van der Waals surface area (Å²) in [7, 11) is -3.25. The van der Waals surface area contributed by atoms with Gasteiger partial charge in [-0.3, -0.25) is 13.7 Å². The monoisotopic (exact) mass is 463 g/mol. The van der Waals surface area contributed by atoms with Crippen molar-refractivity contribution >= 4 is 54.7 Å². The van der Waals surface area contributed by atoms with Gasteiger partial charge in [0.2, 0.25) is 10.0 Å². The third-order valence-corrected chi connectivity index (χ3v) is 7.91. The van der Waals surface area contributed by atoms with E-state index in [1.54, 1.807) is 28.4 Å². The van der Waals surface area contributed by atoms with Crippen molar-refractivity contribution in [2.45, 2.75) is 18.9 Å². The number of pyridine rings is 1. The number of rotatable bonds is 4. The van der Waals surface area contributed by atoms with Gasteiger partial charge in [-0.15, -0.1) is 0 Å². The van der Waals surface area contributed by atoms with Crippen molar-refractivity contribution in [2.24, 2.45) is 0 Å². The number of fused-ring (bicyclic) bond motifs is 1. The number of halogens is 1. The normalized spacial score (nSPS) is 15.9. The van der Waals surface area contributed by atoms with Crippen molar-refractivity contribution in [1.82, 2.24) is 13.2 Å². The lowest BCUT2D eigenvalue weighted by atomic mass is 10.1. The number of sulfonamides is 1. The lowest BCUT2D eigenvalue weighted by Gasteiger charge is -2.30. The van der Waals surface area contributed by atoms with Gasteiger partial charge in [0.15, 0.2) is 5.56 Å². The molecule has 0 unspecified atom stereocenters. The summed E-state index contributed by atoms with van der Waals surface area (Å²) in [6.45, 7) is 0.693. The van der Waals surface area contributed by atoms with Crippen molar-refractivity contribution in [3.05, 3.63) is 51.4 Å². The quantitative estimate of drug-likeness (QED) is 0.635. The van der Waals surface area contributed by atoms with Gasteiger partial charge in [0.1, 0.15) is 11.1 Å². The first-order chi connectivity index (χ1) is 14.3. The van der Waals surface area contributed by atoms with Crippen LogP contribution in [0.15, 0.2) is 35.3 Å². The fourth-order valence-corrected chi connectivity index (χ4v) is 5.78. The van der Waals surface area contributed by atoms with Gasteiger partial charge < -0.3 is 5.32 Å². The van der Waals surface area contributed by atoms with E-state index in [2.05, 4.69) is 10.3 Å². The average molecular weight is 464 g/mol. The molecule has 1 N–H and O–H groups in total. The van der Waals surface area contributed by atoms with Crippen LogP contribution in [0.5, 0.6) is 0 Å². The SMILES string of the molecule is CS(=O)(=O)N1CCC(n2sc(Nc3c(Cl)ccc4ncccc34)c(C#N)c2=O)CC1. The molecule has 30 heavy (non-hydrogen) atoms. The minimum Gasteiger partial charge on any atom is -0.343 e. The topological polar surface area (TPSA) is 108 Å². The number of hydrogen-bond donors (Lipinski definition) is 1. The van der Waals surface area contributed by atoms with Crippen LogP contribution in [0.25, 0.3) is 10.9 Å². The highest BCUT2D eigenvalue weighted by atomic mass is 35.5. The van der Waals surface area contributed by atoms with Gasteiger partial charge in [0, 0.05) is 24.7 Å². The summed E-state index contributed by atoms with van der Waals surface area (Å²) in [5, 5.41) is 14.4. The number of nitriles is 1. The van der Waals surface area contributed by atoms with Crippen molar-refractivity contribution in [3.8, 4) is 6.07 Å². The van der Waals surface area contributed by atoms with E-state index < -0.39 is 10.0 Å². The maximum absolute atomic E-state index is 12.9. The van der Waals surface area contributed by atoms with E-state index in [4.69, 9.17) is 11.6 Å². The summed E-state index contributed by atoms with van der Waals surface area (Å²) in [6.07, 6.45) is 3.88. The maximum atomic E-state index is 12.9. The molecular formula is C19H18ClN5O3S2. The van der Waals surface area contributed by atoms with E-state index >= 15 is 0 Å². The minimum atomic E-state index is -3.25. The van der Waals surface area contributed by atoms with Gasteiger partial charge in [-0.1, -0.05) is 11.6 Å². The first kappa shape index (κ1) is 20.8. The molecule has 1 aromatic carbocycles. The second-order valence-electron chi connectivity index (χ2n) is 7.05. The summed E-state index contributed by atoms with van der Waals surface area (Å²) >= 11 is 7.55. The van der Waals surface area contributed by atoms with Crippen LogP contribution < -0.4 is 10.9 Å². The van der Waals surface area contributed by atoms with E-state index in [0.29, 0.717) is 41.6 Å². The predicted molar refractivity (Wildman–Crippen MR) is 118 cm³/mol. The molecule has 0 aliphatic carbocycles. The maximum Gasteiger partial charge on any atom is 0.281 e. The average Bonchev–Trinajstić information content (AvgIpc) is 3.04. The fourth-order valence-electron chi connectivity index (χ4n) is 3.59. The number of nitrogens with one attached hydrogen (secondary N) is 1. The van der Waals surface area contributed by atoms with Crippen LogP contribution in [0.4, 0.5) is 10.7 Å². The van der Waals surface area contributed by atoms with E-state index in [-0.39, 0.29) is 17.2 Å². The fraction of sp³-hybridized carbons (Fsp3) is 0.316. The van der Waals surface area contributed by atoms with Gasteiger partial charge >= 0.3 is 0 Å². The van der Waals surface area contributed by atoms with Gasteiger partial charge in [-0.05, 0) is 48.6 Å². The highest BCUT2D eigenvalue weighted by molar-refractivity contribution is 7.88. The van der Waals surface area contributed by atoms with E-state index in [9.17, 15) is 18.5 Å². The molecule has 0 spiro atoms. The van der Waals surface area contributed by atoms with Crippen LogP contribution >= 0.6 is 23.1 Å². The third kappa shape index (κ3) is 3.81. The number of piperidine rings is 1. The summed E-state index contributed by atoms with van der Waals surface area (Å²) in [5.41, 5.74) is 0.960. The zero-order chi connectivity index (χ0) is 21.5. The van der Waals surface area contributed by atoms with Crippen molar-refractivity contribution in [1.29, 1.82) is 5.26 Å². The molecule has 3 aromatic rings. The molecule has 11 heteroatoms. The lowest BCUT2D eigenvalue weighted by Crippen LogP contribution is -2.39. The Morgan fingerprint density at radius 2 is 2.03 bits per heavy atom. The third-order valence-electron chi connectivity index (χ3n) is 5.14. The summed E-state index contributed by atoms with van der Waals surface area (Å²) in [5.74, 6) is 0. The highest BCUT2D eigenvalue weighted by Gasteiger charge is 2.29. The largest absolute Gasteiger partial charge is 0.343 e. The molecule has 0 saturated carbocycles. The summed E-state index contributed by atoms with van der Waals surface area (Å²) in [6, 6.07) is 9.01. The molecule has 0 bridgehead atoms. The Kier molecular flexibility index (Phi) is 5.55. The molecule has 2 aromatic heterocycles. The Bertz CT molecular complexity index is 1320. The Hall–Kier alpha value is -2.45. The zero-order valence-electron chi connectivity index (χ0n) is 16.0. The van der Waals surface area contributed by atoms with Crippen molar-refractivity contribution < 1.29 is 8.42 Å².